The molecule has 5 nitrogen and oxygen atoms in total. The number of nitrogens with zero attached hydrogens (tertiary/aromatic N) is 2. The molecule has 2 aromatic heterocycles. The molecule has 1 aromatic carbocycles. The van der Waals surface area contributed by atoms with E-state index < -0.39 is 0 Å². The first-order valence-corrected chi connectivity index (χ1v) is 6.82. The molecule has 3 aromatic rings. The molecule has 0 bridgehead atoms. The highest BCUT2D eigenvalue weighted by Crippen LogP contribution is 2.22. The second kappa shape index (κ2) is 5.09. The molecule has 0 radical (unpaired) electrons. The normalized spacial score (nSPS) is 11.0. The van der Waals surface area contributed by atoms with Crippen molar-refractivity contribution in [3.05, 3.63) is 57.7 Å². The van der Waals surface area contributed by atoms with Gasteiger partial charge in [-0.15, -0.1) is 0 Å². The van der Waals surface area contributed by atoms with E-state index in [1.165, 1.54) is 0 Å². The molecule has 0 fully saturated rings. The van der Waals surface area contributed by atoms with Crippen LogP contribution in [-0.2, 0) is 13.6 Å². The number of nitrogens with one attached hydrogen (secondary N) is 1. The Morgan fingerprint density at radius 1 is 1.29 bits per heavy atom. The quantitative estimate of drug-likeness (QED) is 0.803. The molecule has 2 heterocycles. The maximum atomic E-state index is 12.0. The molecule has 0 aliphatic rings. The standard InChI is InChI=1S/C16H17N3O2/c1-10-13(11(2)21-18-10)9-17-14-8-16(20)19(3)15-7-5-4-6-12(14)15/h4-8,17H,9H2,1-3H3. The number of para-hydroxylation sites is 1. The van der Waals surface area contributed by atoms with E-state index in [2.05, 4.69) is 10.5 Å². The first-order chi connectivity index (χ1) is 10.1. The van der Waals surface area contributed by atoms with E-state index in [1.54, 1.807) is 17.7 Å². The molecule has 0 unspecified atom stereocenters. The van der Waals surface area contributed by atoms with Crippen molar-refractivity contribution in [2.75, 3.05) is 5.32 Å². The number of fused-ring (bicyclic) bond motifs is 1. The SMILES string of the molecule is Cc1noc(C)c1CNc1cc(=O)n(C)c2ccccc12. The fourth-order valence-corrected chi connectivity index (χ4v) is 2.49. The first-order valence-electron chi connectivity index (χ1n) is 6.82. The molecule has 5 heteroatoms. The summed E-state index contributed by atoms with van der Waals surface area (Å²) in [5, 5.41) is 8.29. The molecule has 0 atom stereocenters. The molecule has 3 rings (SSSR count). The van der Waals surface area contributed by atoms with Crippen molar-refractivity contribution in [3.8, 4) is 0 Å². The summed E-state index contributed by atoms with van der Waals surface area (Å²) in [4.78, 5) is 12.0. The van der Waals surface area contributed by atoms with Gasteiger partial charge in [-0.2, -0.15) is 0 Å². The van der Waals surface area contributed by atoms with Gasteiger partial charge in [-0.3, -0.25) is 4.79 Å². The van der Waals surface area contributed by atoms with Gasteiger partial charge in [-0.25, -0.2) is 0 Å². The van der Waals surface area contributed by atoms with Gasteiger partial charge in [0.15, 0.2) is 0 Å². The van der Waals surface area contributed by atoms with Crippen molar-refractivity contribution in [2.45, 2.75) is 20.4 Å². The lowest BCUT2D eigenvalue weighted by Gasteiger charge is -2.12. The van der Waals surface area contributed by atoms with E-state index in [-0.39, 0.29) is 5.56 Å². The number of anilines is 1. The fourth-order valence-electron chi connectivity index (χ4n) is 2.49. The van der Waals surface area contributed by atoms with Gasteiger partial charge in [0.2, 0.25) is 0 Å². The second-order valence-corrected chi connectivity index (χ2v) is 5.13. The summed E-state index contributed by atoms with van der Waals surface area (Å²) < 4.78 is 6.81. The Hall–Kier alpha value is -2.56. The van der Waals surface area contributed by atoms with Gasteiger partial charge in [0, 0.05) is 36.3 Å². The van der Waals surface area contributed by atoms with Crippen molar-refractivity contribution < 1.29 is 4.52 Å². The number of hydrogen-bond acceptors (Lipinski definition) is 4. The van der Waals surface area contributed by atoms with Crippen LogP contribution in [0.25, 0.3) is 10.9 Å². The minimum absolute atomic E-state index is 0.0324. The highest BCUT2D eigenvalue weighted by atomic mass is 16.5. The molecular formula is C16H17N3O2. The summed E-state index contributed by atoms with van der Waals surface area (Å²) in [5.74, 6) is 0.799. The average Bonchev–Trinajstić information content (AvgIpc) is 2.81. The lowest BCUT2D eigenvalue weighted by atomic mass is 10.1. The predicted molar refractivity (Wildman–Crippen MR) is 82.5 cm³/mol. The third kappa shape index (κ3) is 2.31. The van der Waals surface area contributed by atoms with Crippen LogP contribution in [0.4, 0.5) is 5.69 Å². The number of aromatic nitrogens is 2. The predicted octanol–water partition coefficient (Wildman–Crippen LogP) is 2.76. The van der Waals surface area contributed by atoms with Crippen LogP contribution in [0.15, 0.2) is 39.6 Å². The van der Waals surface area contributed by atoms with E-state index in [4.69, 9.17) is 4.52 Å². The minimum atomic E-state index is -0.0324. The van der Waals surface area contributed by atoms with Crippen LogP contribution in [0.5, 0.6) is 0 Å². The topological polar surface area (TPSA) is 60.1 Å². The molecule has 1 N–H and O–H groups in total. The van der Waals surface area contributed by atoms with E-state index >= 15 is 0 Å². The smallest absolute Gasteiger partial charge is 0.252 e. The van der Waals surface area contributed by atoms with E-state index in [0.717, 1.165) is 33.6 Å². The number of hydrogen-bond donors (Lipinski definition) is 1. The molecule has 0 aliphatic carbocycles. The average molecular weight is 283 g/mol. The monoisotopic (exact) mass is 283 g/mol. The molecule has 21 heavy (non-hydrogen) atoms. The van der Waals surface area contributed by atoms with Crippen LogP contribution < -0.4 is 10.9 Å². The highest BCUT2D eigenvalue weighted by Gasteiger charge is 2.10. The van der Waals surface area contributed by atoms with Gasteiger partial charge in [0.05, 0.1) is 11.2 Å². The Balaban J connectivity index is 2.02. The van der Waals surface area contributed by atoms with Gasteiger partial charge in [-0.1, -0.05) is 23.4 Å². The largest absolute Gasteiger partial charge is 0.380 e. The van der Waals surface area contributed by atoms with E-state index in [9.17, 15) is 4.79 Å². The zero-order chi connectivity index (χ0) is 15.0. The zero-order valence-electron chi connectivity index (χ0n) is 12.3. The van der Waals surface area contributed by atoms with Gasteiger partial charge in [0.1, 0.15) is 5.76 Å². The Morgan fingerprint density at radius 3 is 2.76 bits per heavy atom. The van der Waals surface area contributed by atoms with Crippen molar-refractivity contribution in [3.63, 3.8) is 0 Å². The molecule has 0 amide bonds. The van der Waals surface area contributed by atoms with Crippen LogP contribution in [0, 0.1) is 13.8 Å². The third-order valence-corrected chi connectivity index (χ3v) is 3.79. The maximum absolute atomic E-state index is 12.0. The van der Waals surface area contributed by atoms with Crippen molar-refractivity contribution in [1.29, 1.82) is 0 Å². The summed E-state index contributed by atoms with van der Waals surface area (Å²) in [6.07, 6.45) is 0. The molecule has 108 valence electrons. The maximum Gasteiger partial charge on any atom is 0.252 e. The fraction of sp³-hybridized carbons (Fsp3) is 0.250. The minimum Gasteiger partial charge on any atom is -0.380 e. The lowest BCUT2D eigenvalue weighted by Crippen LogP contribution is -2.17. The zero-order valence-corrected chi connectivity index (χ0v) is 12.3. The lowest BCUT2D eigenvalue weighted by molar-refractivity contribution is 0.392. The summed E-state index contributed by atoms with van der Waals surface area (Å²) in [5.41, 5.74) is 3.60. The number of benzene rings is 1. The van der Waals surface area contributed by atoms with Crippen molar-refractivity contribution in [2.24, 2.45) is 7.05 Å². The van der Waals surface area contributed by atoms with Gasteiger partial charge in [0.25, 0.3) is 5.56 Å². The third-order valence-electron chi connectivity index (χ3n) is 3.79. The number of rotatable bonds is 3. The highest BCUT2D eigenvalue weighted by molar-refractivity contribution is 5.91. The van der Waals surface area contributed by atoms with E-state index in [1.807, 2.05) is 38.1 Å². The van der Waals surface area contributed by atoms with Gasteiger partial charge in [-0.05, 0) is 19.9 Å². The summed E-state index contributed by atoms with van der Waals surface area (Å²) >= 11 is 0. The second-order valence-electron chi connectivity index (χ2n) is 5.13. The Kier molecular flexibility index (Phi) is 3.25. The van der Waals surface area contributed by atoms with Crippen LogP contribution in [0.1, 0.15) is 17.0 Å². The summed E-state index contributed by atoms with van der Waals surface area (Å²) in [6, 6.07) is 9.47. The molecule has 0 spiro atoms. The number of pyridine rings is 1. The van der Waals surface area contributed by atoms with Gasteiger partial charge >= 0.3 is 0 Å². The summed E-state index contributed by atoms with van der Waals surface area (Å²) in [6.45, 7) is 4.38. The van der Waals surface area contributed by atoms with E-state index in [0.29, 0.717) is 6.54 Å². The Labute approximate surface area is 122 Å². The van der Waals surface area contributed by atoms with Crippen LogP contribution in [0.2, 0.25) is 0 Å². The van der Waals surface area contributed by atoms with Crippen molar-refractivity contribution in [1.82, 2.24) is 9.72 Å². The van der Waals surface area contributed by atoms with Crippen LogP contribution in [0.3, 0.4) is 0 Å². The summed E-state index contributed by atoms with van der Waals surface area (Å²) in [7, 11) is 1.78. The van der Waals surface area contributed by atoms with Crippen molar-refractivity contribution >= 4 is 16.6 Å². The van der Waals surface area contributed by atoms with Crippen LogP contribution >= 0.6 is 0 Å². The van der Waals surface area contributed by atoms with Gasteiger partial charge < -0.3 is 14.4 Å². The Morgan fingerprint density at radius 2 is 2.05 bits per heavy atom. The molecule has 0 saturated carbocycles. The molecule has 0 saturated heterocycles. The molecular weight excluding hydrogens is 266 g/mol. The number of aryl methyl sites for hydroxylation is 3. The first kappa shape index (κ1) is 13.4. The molecule has 0 aliphatic heterocycles. The van der Waals surface area contributed by atoms with Crippen LogP contribution in [-0.4, -0.2) is 9.72 Å². The Bertz CT molecular complexity index is 842.